The highest BCUT2D eigenvalue weighted by molar-refractivity contribution is 14.0. The zero-order valence-corrected chi connectivity index (χ0v) is 19.5. The van der Waals surface area contributed by atoms with Gasteiger partial charge in [0.1, 0.15) is 5.76 Å². The average Bonchev–Trinajstić information content (AvgIpc) is 3.35. The summed E-state index contributed by atoms with van der Waals surface area (Å²) >= 11 is 0. The van der Waals surface area contributed by atoms with Crippen molar-refractivity contribution in [2.24, 2.45) is 4.99 Å². The Morgan fingerprint density at radius 1 is 1.19 bits per heavy atom. The third kappa shape index (κ3) is 7.40. The molecule has 0 amide bonds. The van der Waals surface area contributed by atoms with Crippen LogP contribution in [0.2, 0.25) is 0 Å². The van der Waals surface area contributed by atoms with Crippen LogP contribution in [0.25, 0.3) is 0 Å². The number of nitrogens with zero attached hydrogens (tertiary/aromatic N) is 1. The molecule has 3 unspecified atom stereocenters. The van der Waals surface area contributed by atoms with Crippen molar-refractivity contribution in [2.75, 3.05) is 12.3 Å². The molecule has 0 aliphatic heterocycles. The third-order valence-corrected chi connectivity index (χ3v) is 7.27. The maximum Gasteiger partial charge on any atom is 0.191 e. The van der Waals surface area contributed by atoms with Gasteiger partial charge in [0, 0.05) is 46.9 Å². The molecule has 2 fully saturated rings. The highest BCUT2D eigenvalue weighted by Crippen LogP contribution is 2.23. The van der Waals surface area contributed by atoms with E-state index in [1.54, 1.807) is 6.26 Å². The highest BCUT2D eigenvalue weighted by atomic mass is 127. The van der Waals surface area contributed by atoms with Crippen molar-refractivity contribution in [1.82, 2.24) is 10.6 Å². The van der Waals surface area contributed by atoms with Gasteiger partial charge in [0.05, 0.1) is 6.26 Å². The molecule has 0 radical (unpaired) electrons. The minimum Gasteiger partial charge on any atom is -0.469 e. The number of hydrogen-bond acceptors (Lipinski definition) is 3. The molecule has 1 heterocycles. The zero-order chi connectivity index (χ0) is 18.2. The maximum absolute atomic E-state index is 12.2. The first-order valence-corrected chi connectivity index (χ1v) is 11.6. The molecule has 3 rings (SSSR count). The quantitative estimate of drug-likeness (QED) is 0.333. The van der Waals surface area contributed by atoms with Crippen LogP contribution < -0.4 is 10.6 Å². The molecule has 2 N–H and O–H groups in total. The van der Waals surface area contributed by atoms with Crippen LogP contribution in [0.1, 0.15) is 64.1 Å². The van der Waals surface area contributed by atoms with Gasteiger partial charge in [0.15, 0.2) is 5.96 Å². The fourth-order valence-corrected chi connectivity index (χ4v) is 5.42. The van der Waals surface area contributed by atoms with Crippen LogP contribution in [0, 0.1) is 0 Å². The predicted molar refractivity (Wildman–Crippen MR) is 123 cm³/mol. The van der Waals surface area contributed by atoms with Gasteiger partial charge in [-0.25, -0.2) is 0 Å². The molecule has 0 spiro atoms. The molecule has 2 aliphatic carbocycles. The Morgan fingerprint density at radius 2 is 1.93 bits per heavy atom. The van der Waals surface area contributed by atoms with Crippen molar-refractivity contribution in [3.05, 3.63) is 24.2 Å². The first-order chi connectivity index (χ1) is 12.7. The van der Waals surface area contributed by atoms with Gasteiger partial charge >= 0.3 is 0 Å². The van der Waals surface area contributed by atoms with E-state index in [1.165, 1.54) is 25.7 Å². The lowest BCUT2D eigenvalue weighted by Gasteiger charge is -2.31. The lowest BCUT2D eigenvalue weighted by molar-refractivity contribution is 0.411. The number of hydrogen-bond donors (Lipinski definition) is 2. The van der Waals surface area contributed by atoms with E-state index in [2.05, 4.69) is 10.6 Å². The van der Waals surface area contributed by atoms with Gasteiger partial charge in [-0.15, -0.1) is 24.0 Å². The summed E-state index contributed by atoms with van der Waals surface area (Å²) in [5.41, 5.74) is 0. The lowest BCUT2D eigenvalue weighted by atomic mass is 9.95. The molecule has 0 saturated heterocycles. The van der Waals surface area contributed by atoms with E-state index >= 15 is 0 Å². The molecular formula is C20H34IN3O2S. The van der Waals surface area contributed by atoms with Crippen LogP contribution >= 0.6 is 24.0 Å². The van der Waals surface area contributed by atoms with E-state index in [-0.39, 0.29) is 24.0 Å². The van der Waals surface area contributed by atoms with Crippen molar-refractivity contribution in [3.8, 4) is 0 Å². The Morgan fingerprint density at radius 3 is 2.63 bits per heavy atom. The third-order valence-electron chi connectivity index (χ3n) is 5.53. The normalized spacial score (nSPS) is 25.0. The van der Waals surface area contributed by atoms with Gasteiger partial charge in [-0.1, -0.05) is 26.2 Å². The van der Waals surface area contributed by atoms with Crippen molar-refractivity contribution >= 4 is 40.7 Å². The highest BCUT2D eigenvalue weighted by Gasteiger charge is 2.26. The van der Waals surface area contributed by atoms with E-state index in [0.717, 1.165) is 49.6 Å². The van der Waals surface area contributed by atoms with E-state index in [9.17, 15) is 4.21 Å². The number of furan rings is 1. The second-order valence-corrected chi connectivity index (χ2v) is 9.49. The summed E-state index contributed by atoms with van der Waals surface area (Å²) in [6.45, 7) is 2.74. The van der Waals surface area contributed by atoms with Gasteiger partial charge in [-0.05, 0) is 44.2 Å². The minimum absolute atomic E-state index is 0. The summed E-state index contributed by atoms with van der Waals surface area (Å²) in [6, 6.07) is 4.83. The number of rotatable bonds is 7. The van der Waals surface area contributed by atoms with Gasteiger partial charge < -0.3 is 15.1 Å². The molecular weight excluding hydrogens is 473 g/mol. The molecule has 5 nitrogen and oxygen atoms in total. The number of halogens is 1. The second-order valence-electron chi connectivity index (χ2n) is 7.48. The Balaban J connectivity index is 0.00000261. The average molecular weight is 507 g/mol. The van der Waals surface area contributed by atoms with Crippen LogP contribution in [-0.4, -0.2) is 39.8 Å². The Bertz CT molecular complexity index is 588. The molecule has 2 aliphatic rings. The van der Waals surface area contributed by atoms with Gasteiger partial charge in [-0.3, -0.25) is 9.20 Å². The standard InChI is InChI=1S/C20H33N3O2S.HI/c1-2-26(24)19-11-5-9-17(15-19)23-20(22-16-7-3-4-8-16)21-13-12-18-10-6-14-25-18;/h6,10,14,16-17,19H,2-5,7-9,11-13,15H2,1H3,(H2,21,22,23);1H. The van der Waals surface area contributed by atoms with Gasteiger partial charge in [0.2, 0.25) is 0 Å². The van der Waals surface area contributed by atoms with Crippen LogP contribution in [-0.2, 0) is 17.2 Å². The second kappa shape index (κ2) is 12.1. The summed E-state index contributed by atoms with van der Waals surface area (Å²) in [6.07, 6.45) is 12.0. The van der Waals surface area contributed by atoms with E-state index in [4.69, 9.17) is 9.41 Å². The summed E-state index contributed by atoms with van der Waals surface area (Å²) < 4.78 is 17.6. The molecule has 1 aromatic heterocycles. The molecule has 2 saturated carbocycles. The van der Waals surface area contributed by atoms with Crippen molar-refractivity contribution in [1.29, 1.82) is 0 Å². The zero-order valence-electron chi connectivity index (χ0n) is 16.3. The van der Waals surface area contributed by atoms with Gasteiger partial charge in [-0.2, -0.15) is 0 Å². The van der Waals surface area contributed by atoms with Crippen LogP contribution in [0.4, 0.5) is 0 Å². The van der Waals surface area contributed by atoms with E-state index in [1.807, 2.05) is 19.1 Å². The summed E-state index contributed by atoms with van der Waals surface area (Å²) in [4.78, 5) is 4.80. The summed E-state index contributed by atoms with van der Waals surface area (Å²) in [5.74, 6) is 2.67. The smallest absolute Gasteiger partial charge is 0.191 e. The number of aliphatic imine (C=N–C) groups is 1. The monoisotopic (exact) mass is 507 g/mol. The Hall–Kier alpha value is -0.570. The molecule has 1 aromatic rings. The first-order valence-electron chi connectivity index (χ1n) is 10.2. The van der Waals surface area contributed by atoms with Crippen LogP contribution in [0.3, 0.4) is 0 Å². The maximum atomic E-state index is 12.2. The van der Waals surface area contributed by atoms with Crippen molar-refractivity contribution in [3.63, 3.8) is 0 Å². The Kier molecular flexibility index (Phi) is 10.2. The van der Waals surface area contributed by atoms with Crippen LogP contribution in [0.15, 0.2) is 27.8 Å². The molecule has 7 heteroatoms. The van der Waals surface area contributed by atoms with E-state index in [0.29, 0.717) is 23.9 Å². The predicted octanol–water partition coefficient (Wildman–Crippen LogP) is 4.00. The van der Waals surface area contributed by atoms with E-state index < -0.39 is 10.8 Å². The molecule has 27 heavy (non-hydrogen) atoms. The minimum atomic E-state index is -0.691. The van der Waals surface area contributed by atoms with Crippen LogP contribution in [0.5, 0.6) is 0 Å². The number of guanidine groups is 1. The largest absolute Gasteiger partial charge is 0.469 e. The van der Waals surface area contributed by atoms with Crippen molar-refractivity contribution in [2.45, 2.75) is 82.0 Å². The summed E-state index contributed by atoms with van der Waals surface area (Å²) in [5, 5.41) is 7.61. The first kappa shape index (κ1) is 22.7. The lowest BCUT2D eigenvalue weighted by Crippen LogP contribution is -2.49. The summed E-state index contributed by atoms with van der Waals surface area (Å²) in [7, 11) is -0.691. The fourth-order valence-electron chi connectivity index (χ4n) is 4.07. The molecule has 154 valence electrons. The molecule has 3 atom stereocenters. The van der Waals surface area contributed by atoms with Crippen molar-refractivity contribution < 1.29 is 8.63 Å². The topological polar surface area (TPSA) is 66.6 Å². The molecule has 0 aromatic carbocycles. The number of nitrogens with one attached hydrogen (secondary N) is 2. The van der Waals surface area contributed by atoms with Gasteiger partial charge in [0.25, 0.3) is 0 Å². The molecule has 0 bridgehead atoms. The fraction of sp³-hybridized carbons (Fsp3) is 0.750. The Labute approximate surface area is 183 Å². The SMILES string of the molecule is CCS(=O)C1CCCC(NC(=NCCc2ccco2)NC2CCCC2)C1.I.